The number of rotatable bonds is 27. The second-order valence-corrected chi connectivity index (χ2v) is 16.8. The molecule has 0 radical (unpaired) electrons. The smallest absolute Gasteiger partial charge is 0.413 e. The van der Waals surface area contributed by atoms with Gasteiger partial charge in [0.1, 0.15) is 73.5 Å². The maximum Gasteiger partial charge on any atom is 0.413 e. The van der Waals surface area contributed by atoms with Crippen LogP contribution in [0.1, 0.15) is 44.4 Å². The van der Waals surface area contributed by atoms with Crippen LogP contribution in [0.2, 0.25) is 0 Å². The average Bonchev–Trinajstić information content (AvgIpc) is 3.39. The number of hydrogen-bond acceptors (Lipinski definition) is 18. The summed E-state index contributed by atoms with van der Waals surface area (Å²) in [6.07, 6.45) is 2.57. The Morgan fingerprint density at radius 3 is 0.689 bits per heavy atom. The van der Waals surface area contributed by atoms with Crippen molar-refractivity contribution in [2.75, 3.05) is 39.6 Å². The zero-order valence-electron chi connectivity index (χ0n) is 41.2. The predicted molar refractivity (Wildman–Crippen MR) is 265 cm³/mol. The highest BCUT2D eigenvalue weighted by atomic mass is 16.6. The van der Waals surface area contributed by atoms with Crippen LogP contribution in [0.25, 0.3) is 0 Å². The Balaban J connectivity index is 1.99. The summed E-state index contributed by atoms with van der Waals surface area (Å²) in [5, 5.41) is 7.66. The molecule has 0 aliphatic rings. The van der Waals surface area contributed by atoms with Crippen molar-refractivity contribution < 1.29 is 85.8 Å². The maximum absolute atomic E-state index is 13.2. The third-order valence-corrected chi connectivity index (χ3v) is 10.3. The highest BCUT2D eigenvalue weighted by molar-refractivity contribution is 5.84. The molecule has 0 aliphatic heterocycles. The number of carbonyl (C=O) groups is 9. The molecule has 3 rings (SSSR count). The van der Waals surface area contributed by atoms with E-state index in [0.717, 1.165) is 36.5 Å². The first kappa shape index (κ1) is 59.0. The van der Waals surface area contributed by atoms with E-state index in [9.17, 15) is 43.2 Å². The van der Waals surface area contributed by atoms with Crippen molar-refractivity contribution in [2.45, 2.75) is 49.7 Å². The third-order valence-electron chi connectivity index (χ3n) is 10.3. The van der Waals surface area contributed by atoms with E-state index in [-0.39, 0.29) is 17.2 Å². The molecule has 0 aliphatic carbocycles. The van der Waals surface area contributed by atoms with Gasteiger partial charge in [-0.3, -0.25) is 0 Å². The third kappa shape index (κ3) is 18.5. The van der Waals surface area contributed by atoms with E-state index >= 15 is 0 Å². The minimum atomic E-state index is -1.44. The molecule has 0 aromatic heterocycles. The summed E-state index contributed by atoms with van der Waals surface area (Å²) in [6.45, 7) is 23.8. The second kappa shape index (κ2) is 27.4. The van der Waals surface area contributed by atoms with Gasteiger partial charge in [0.05, 0.1) is 0 Å². The van der Waals surface area contributed by atoms with Crippen LogP contribution in [0.5, 0.6) is 17.2 Å². The summed E-state index contributed by atoms with van der Waals surface area (Å²) in [7, 11) is 0. The minimum Gasteiger partial charge on any atom is -0.460 e. The molecule has 0 saturated carbocycles. The molecule has 74 heavy (non-hydrogen) atoms. The van der Waals surface area contributed by atoms with E-state index in [1.54, 1.807) is 36.4 Å². The zero-order valence-corrected chi connectivity index (χ0v) is 41.2. The van der Waals surface area contributed by atoms with Crippen molar-refractivity contribution in [3.05, 3.63) is 165 Å². The quantitative estimate of drug-likeness (QED) is 0.0344. The minimum absolute atomic E-state index is 0.0719. The highest BCUT2D eigenvalue weighted by Crippen LogP contribution is 2.40. The fourth-order valence-electron chi connectivity index (χ4n) is 6.28. The van der Waals surface area contributed by atoms with Crippen LogP contribution in [-0.2, 0) is 62.6 Å². The summed E-state index contributed by atoms with van der Waals surface area (Å²) in [5.74, 6) is -4.52. The van der Waals surface area contributed by atoms with E-state index in [1.807, 2.05) is 6.92 Å². The Hall–Kier alpha value is -9.27. The Bertz CT molecular complexity index is 2250. The molecule has 392 valence electrons. The van der Waals surface area contributed by atoms with Crippen LogP contribution in [0.15, 0.2) is 149 Å². The lowest BCUT2D eigenvalue weighted by Crippen LogP contribution is -2.54. The molecule has 0 atom stereocenters. The normalized spacial score (nSPS) is 11.0. The largest absolute Gasteiger partial charge is 0.460 e. The van der Waals surface area contributed by atoms with Crippen molar-refractivity contribution >= 4 is 54.1 Å². The standard InChI is InChI=1S/C53H57N3O18/c1-11-41(57)66-29-50(7,30-67-42(58)12-2)54-47(63)72-38-23-17-35(18-24-38)53(10,36-19-25-39(26-20-36)73-48(64)55-51(8,31-68-43(59)13-3)32-69-44(60)14-4)37-21-27-40(28-22-37)74-49(65)56-52(9,33-70-45(61)15-5)34-71-46(62)16-6/h11-28H,1-6,29-34H2,7-10H3,(H,54,63)(H,55,64)(H,56,65). The first-order chi connectivity index (χ1) is 35.0. The molecular weight excluding hydrogens is 967 g/mol. The van der Waals surface area contributed by atoms with E-state index < -0.39 is 116 Å². The number of benzene rings is 3. The molecule has 3 aromatic carbocycles. The van der Waals surface area contributed by atoms with Gasteiger partial charge < -0.3 is 58.6 Å². The van der Waals surface area contributed by atoms with Gasteiger partial charge in [0, 0.05) is 41.9 Å². The van der Waals surface area contributed by atoms with Gasteiger partial charge >= 0.3 is 54.1 Å². The van der Waals surface area contributed by atoms with Crippen LogP contribution < -0.4 is 30.2 Å². The van der Waals surface area contributed by atoms with Crippen LogP contribution in [0.3, 0.4) is 0 Å². The number of nitrogens with one attached hydrogen (secondary N) is 3. The van der Waals surface area contributed by atoms with Gasteiger partial charge in [-0.25, -0.2) is 43.2 Å². The summed E-state index contributed by atoms with van der Waals surface area (Å²) >= 11 is 0. The number of hydrogen-bond donors (Lipinski definition) is 3. The van der Waals surface area contributed by atoms with Gasteiger partial charge in [0.15, 0.2) is 0 Å². The van der Waals surface area contributed by atoms with Crippen LogP contribution in [0.4, 0.5) is 14.4 Å². The van der Waals surface area contributed by atoms with E-state index in [0.29, 0.717) is 16.7 Å². The van der Waals surface area contributed by atoms with Crippen molar-refractivity contribution in [2.24, 2.45) is 0 Å². The van der Waals surface area contributed by atoms with E-state index in [2.05, 4.69) is 55.4 Å². The maximum atomic E-state index is 13.2. The first-order valence-corrected chi connectivity index (χ1v) is 22.0. The summed E-state index contributed by atoms with van der Waals surface area (Å²) in [5.41, 5.74) is -3.53. The molecule has 21 heteroatoms. The summed E-state index contributed by atoms with van der Waals surface area (Å²) < 4.78 is 47.4. The molecule has 0 fully saturated rings. The zero-order chi connectivity index (χ0) is 55.1. The first-order valence-electron chi connectivity index (χ1n) is 22.0. The van der Waals surface area contributed by atoms with E-state index in [1.165, 1.54) is 57.2 Å². The lowest BCUT2D eigenvalue weighted by molar-refractivity contribution is -0.145. The number of amides is 3. The van der Waals surface area contributed by atoms with Gasteiger partial charge in [-0.05, 0) is 80.8 Å². The van der Waals surface area contributed by atoms with Crippen molar-refractivity contribution in [3.63, 3.8) is 0 Å². The fourth-order valence-corrected chi connectivity index (χ4v) is 6.28. The summed E-state index contributed by atoms with van der Waals surface area (Å²) in [4.78, 5) is 111. The topological polar surface area (TPSA) is 273 Å². The van der Waals surface area contributed by atoms with Crippen LogP contribution >= 0.6 is 0 Å². The molecule has 0 spiro atoms. The van der Waals surface area contributed by atoms with Gasteiger partial charge in [-0.2, -0.15) is 0 Å². The molecular formula is C53H57N3O18. The number of carbonyl (C=O) groups excluding carboxylic acids is 9. The predicted octanol–water partition coefficient (Wildman–Crippen LogP) is 5.96. The average molecular weight is 1020 g/mol. The van der Waals surface area contributed by atoms with Crippen LogP contribution in [0, 0.1) is 0 Å². The number of esters is 6. The molecule has 0 saturated heterocycles. The fraction of sp³-hybridized carbons (Fsp3) is 0.264. The highest BCUT2D eigenvalue weighted by Gasteiger charge is 2.35. The van der Waals surface area contributed by atoms with Gasteiger partial charge in [-0.1, -0.05) is 75.9 Å². The molecule has 0 unspecified atom stereocenters. The SMILES string of the molecule is C=CC(=O)OCC(C)(COC(=O)C=C)NC(=O)Oc1ccc(C(C)(c2ccc(OC(=O)NC(C)(COC(=O)C=C)COC(=O)C=C)cc2)c2ccc(OC(=O)NC(C)(COC(=O)C=C)COC(=O)C=C)cc2)cc1. The molecule has 0 heterocycles. The Morgan fingerprint density at radius 1 is 0.351 bits per heavy atom. The molecule has 3 aromatic rings. The van der Waals surface area contributed by atoms with Gasteiger partial charge in [0.2, 0.25) is 0 Å². The molecule has 0 bridgehead atoms. The summed E-state index contributed by atoms with van der Waals surface area (Å²) in [6, 6.07) is 19.1. The lowest BCUT2D eigenvalue weighted by atomic mass is 9.71. The van der Waals surface area contributed by atoms with Gasteiger partial charge in [0.25, 0.3) is 0 Å². The molecule has 3 N–H and O–H groups in total. The second-order valence-electron chi connectivity index (χ2n) is 16.8. The van der Waals surface area contributed by atoms with Crippen molar-refractivity contribution in [1.29, 1.82) is 0 Å². The van der Waals surface area contributed by atoms with E-state index in [4.69, 9.17) is 42.6 Å². The van der Waals surface area contributed by atoms with Crippen LogP contribution in [-0.4, -0.2) is 110 Å². The molecule has 21 nitrogen and oxygen atoms in total. The Morgan fingerprint density at radius 2 is 0.527 bits per heavy atom. The molecule has 3 amide bonds. The Kier molecular flexibility index (Phi) is 21.8. The Labute approximate surface area is 426 Å². The lowest BCUT2D eigenvalue weighted by Gasteiger charge is -2.32. The van der Waals surface area contributed by atoms with Gasteiger partial charge in [-0.15, -0.1) is 0 Å². The monoisotopic (exact) mass is 1020 g/mol. The number of ether oxygens (including phenoxy) is 9. The van der Waals surface area contributed by atoms with Crippen molar-refractivity contribution in [3.8, 4) is 17.2 Å². The van der Waals surface area contributed by atoms with Crippen molar-refractivity contribution in [1.82, 2.24) is 16.0 Å².